The zero-order valence-corrected chi connectivity index (χ0v) is 13.1. The number of carbonyl (C=O) groups is 1. The minimum Gasteiger partial charge on any atom is -0.853 e. The van der Waals surface area contributed by atoms with Gasteiger partial charge in [0.2, 0.25) is 0 Å². The van der Waals surface area contributed by atoms with E-state index in [0.717, 1.165) is 17.3 Å². The summed E-state index contributed by atoms with van der Waals surface area (Å²) in [4.78, 5) is 14.8. The second-order valence-corrected chi connectivity index (χ2v) is 4.27. The first kappa shape index (κ1) is 14.4. The van der Waals surface area contributed by atoms with Gasteiger partial charge in [-0.2, -0.15) is 0 Å². The van der Waals surface area contributed by atoms with Gasteiger partial charge in [-0.3, -0.25) is 4.79 Å². The quantitative estimate of drug-likeness (QED) is 0.472. The molecule has 2 rings (SSSR count). The van der Waals surface area contributed by atoms with Gasteiger partial charge >= 0.3 is 51.4 Å². The predicted molar refractivity (Wildman–Crippen MR) is 59.5 cm³/mol. The average Bonchev–Trinajstić information content (AvgIpc) is 2.49. The molecule has 0 saturated heterocycles. The molecule has 76 valence electrons. The summed E-state index contributed by atoms with van der Waals surface area (Å²) in [6.45, 7) is 0. The van der Waals surface area contributed by atoms with Crippen molar-refractivity contribution in [2.45, 2.75) is 0 Å². The van der Waals surface area contributed by atoms with Crippen LogP contribution in [-0.4, -0.2) is 11.1 Å². The molecule has 0 saturated carbocycles. The second-order valence-electron chi connectivity index (χ2n) is 2.85. The molecule has 0 aliphatic carbocycles. The Morgan fingerprint density at radius 1 is 1.31 bits per heavy atom. The minimum absolute atomic E-state index is 0. The van der Waals surface area contributed by atoms with Gasteiger partial charge < -0.3 is 5.11 Å². The third kappa shape index (κ3) is 3.70. The topological polar surface area (TPSA) is 52.5 Å². The Morgan fingerprint density at radius 2 is 1.94 bits per heavy atom. The molecule has 1 aromatic rings. The summed E-state index contributed by atoms with van der Waals surface area (Å²) in [5, 5.41) is 11.0. The van der Waals surface area contributed by atoms with Crippen molar-refractivity contribution in [3.05, 3.63) is 39.8 Å². The maximum Gasteiger partial charge on any atom is 1.00 e. The molecular weight excluding hydrogens is 273 g/mol. The summed E-state index contributed by atoms with van der Waals surface area (Å²) in [7, 11) is 0. The molecule has 16 heavy (non-hydrogen) atoms. The molecule has 1 aliphatic rings. The third-order valence-electron chi connectivity index (χ3n) is 1.77. The number of carbonyl (C=O) groups excluding carboxylic acids is 1. The minimum atomic E-state index is -0.472. The van der Waals surface area contributed by atoms with Crippen LogP contribution >= 0.6 is 23.4 Å². The number of halogens is 1. The van der Waals surface area contributed by atoms with Crippen LogP contribution in [0.2, 0.25) is 5.02 Å². The normalized spacial score (nSPS) is 17.2. The Bertz CT molecular complexity index is 470. The summed E-state index contributed by atoms with van der Waals surface area (Å²) in [6, 6.07) is 6.98. The molecule has 1 amide bonds. The summed E-state index contributed by atoms with van der Waals surface area (Å²) in [6.07, 6.45) is 1.62. The molecule has 1 aliphatic heterocycles. The van der Waals surface area contributed by atoms with E-state index >= 15 is 0 Å². The van der Waals surface area contributed by atoms with Gasteiger partial charge in [0.1, 0.15) is 0 Å². The number of aliphatic imine (C=N–C) groups is 1. The first-order chi connectivity index (χ1) is 7.15. The summed E-state index contributed by atoms with van der Waals surface area (Å²) < 4.78 is 0. The van der Waals surface area contributed by atoms with Crippen molar-refractivity contribution < 1.29 is 61.3 Å². The standard InChI is InChI=1S/C10H6ClNO2S.K/c11-7-3-1-6(2-4-7)5-8-9(13)12-10(14)15-8;/h1-5H,(H,12,13,14);/q;+1/p-1/b8-5-;. The monoisotopic (exact) mass is 277 g/mol. The molecule has 1 heterocycles. The maximum atomic E-state index is 11.2. The van der Waals surface area contributed by atoms with Crippen molar-refractivity contribution in [1.29, 1.82) is 0 Å². The third-order valence-corrected chi connectivity index (χ3v) is 2.80. The molecule has 0 spiro atoms. The molecule has 1 aromatic carbocycles. The first-order valence-corrected chi connectivity index (χ1v) is 5.30. The van der Waals surface area contributed by atoms with E-state index in [0.29, 0.717) is 9.93 Å². The summed E-state index contributed by atoms with van der Waals surface area (Å²) in [5.41, 5.74) is 0.820. The molecular formula is C10H5ClKNO2S. The molecule has 6 heteroatoms. The molecule has 0 radical (unpaired) electrons. The molecule has 0 bridgehead atoms. The van der Waals surface area contributed by atoms with Crippen LogP contribution in [0.1, 0.15) is 5.56 Å². The number of hydrogen-bond donors (Lipinski definition) is 0. The first-order valence-electron chi connectivity index (χ1n) is 4.10. The predicted octanol–water partition coefficient (Wildman–Crippen LogP) is -1.33. The molecule has 0 N–H and O–H groups in total. The van der Waals surface area contributed by atoms with Crippen LogP contribution in [0.25, 0.3) is 6.08 Å². The van der Waals surface area contributed by atoms with E-state index in [9.17, 15) is 9.90 Å². The number of nitrogens with zero attached hydrogens (tertiary/aromatic N) is 1. The summed E-state index contributed by atoms with van der Waals surface area (Å²) in [5.74, 6) is -0.472. The van der Waals surface area contributed by atoms with Crippen LogP contribution in [0.3, 0.4) is 0 Å². The Balaban J connectivity index is 0.00000128. The van der Waals surface area contributed by atoms with Gasteiger partial charge in [0.15, 0.2) is 0 Å². The van der Waals surface area contributed by atoms with Gasteiger partial charge in [-0.05, 0) is 23.8 Å². The van der Waals surface area contributed by atoms with Crippen LogP contribution in [-0.2, 0) is 4.79 Å². The number of hydrogen-bond acceptors (Lipinski definition) is 3. The van der Waals surface area contributed by atoms with Crippen molar-refractivity contribution in [2.24, 2.45) is 4.99 Å². The Hall–Kier alpha value is 0.376. The van der Waals surface area contributed by atoms with E-state index in [1.54, 1.807) is 30.3 Å². The fourth-order valence-electron chi connectivity index (χ4n) is 1.10. The Kier molecular flexibility index (Phi) is 5.73. The van der Waals surface area contributed by atoms with Crippen LogP contribution in [0.4, 0.5) is 0 Å². The molecule has 0 fully saturated rings. The molecule has 0 unspecified atom stereocenters. The van der Waals surface area contributed by atoms with Gasteiger partial charge in [-0.15, -0.1) is 0 Å². The van der Waals surface area contributed by atoms with Gasteiger partial charge in [-0.1, -0.05) is 35.5 Å². The van der Waals surface area contributed by atoms with E-state index in [-0.39, 0.29) is 51.4 Å². The molecule has 0 aromatic heterocycles. The molecule has 3 nitrogen and oxygen atoms in total. The number of amides is 1. The fraction of sp³-hybridized carbons (Fsp3) is 0. The SMILES string of the molecule is O=C1N=C([O-])S/C1=C\c1ccc(Cl)cc1.[K+]. The van der Waals surface area contributed by atoms with Gasteiger partial charge in [0, 0.05) is 10.3 Å². The number of thioether (sulfide) groups is 1. The Labute approximate surface area is 144 Å². The van der Waals surface area contributed by atoms with Crippen LogP contribution < -0.4 is 56.5 Å². The van der Waals surface area contributed by atoms with Gasteiger partial charge in [-0.25, -0.2) is 4.99 Å². The maximum absolute atomic E-state index is 11.2. The van der Waals surface area contributed by atoms with E-state index in [4.69, 9.17) is 11.6 Å². The van der Waals surface area contributed by atoms with Crippen molar-refractivity contribution >= 4 is 40.6 Å². The fourth-order valence-corrected chi connectivity index (χ4v) is 1.87. The van der Waals surface area contributed by atoms with Crippen molar-refractivity contribution in [3.8, 4) is 0 Å². The molecule has 0 atom stereocenters. The largest absolute Gasteiger partial charge is 1.00 e. The van der Waals surface area contributed by atoms with Crippen LogP contribution in [0.15, 0.2) is 34.2 Å². The van der Waals surface area contributed by atoms with E-state index < -0.39 is 11.1 Å². The zero-order valence-electron chi connectivity index (χ0n) is 8.44. The summed E-state index contributed by atoms with van der Waals surface area (Å²) >= 11 is 6.56. The second kappa shape index (κ2) is 6.35. The van der Waals surface area contributed by atoms with Crippen LogP contribution in [0, 0.1) is 0 Å². The van der Waals surface area contributed by atoms with E-state index in [2.05, 4.69) is 4.99 Å². The van der Waals surface area contributed by atoms with Crippen molar-refractivity contribution in [3.63, 3.8) is 0 Å². The average molecular weight is 278 g/mol. The van der Waals surface area contributed by atoms with Crippen molar-refractivity contribution in [1.82, 2.24) is 0 Å². The van der Waals surface area contributed by atoms with Gasteiger partial charge in [0.05, 0.1) is 4.91 Å². The smallest absolute Gasteiger partial charge is 0.853 e. The van der Waals surface area contributed by atoms with Crippen LogP contribution in [0.5, 0.6) is 0 Å². The van der Waals surface area contributed by atoms with Crippen molar-refractivity contribution in [2.75, 3.05) is 0 Å². The zero-order chi connectivity index (χ0) is 10.8. The Morgan fingerprint density at radius 3 is 2.44 bits per heavy atom. The van der Waals surface area contributed by atoms with E-state index in [1.807, 2.05) is 0 Å². The number of benzene rings is 1. The van der Waals surface area contributed by atoms with E-state index in [1.165, 1.54) is 0 Å². The van der Waals surface area contributed by atoms with Gasteiger partial charge in [0.25, 0.3) is 5.91 Å². The number of rotatable bonds is 1.